The molecule has 8 nitrogen and oxygen atoms in total. The van der Waals surface area contributed by atoms with Crippen LogP contribution >= 0.6 is 11.6 Å². The number of amides is 1. The van der Waals surface area contributed by atoms with E-state index in [1.807, 2.05) is 32.0 Å². The zero-order chi connectivity index (χ0) is 26.9. The van der Waals surface area contributed by atoms with Gasteiger partial charge in [0.2, 0.25) is 15.9 Å². The maximum Gasteiger partial charge on any atom is 0.227 e. The van der Waals surface area contributed by atoms with E-state index >= 15 is 0 Å². The van der Waals surface area contributed by atoms with Gasteiger partial charge >= 0.3 is 0 Å². The van der Waals surface area contributed by atoms with Crippen LogP contribution in [0, 0.1) is 25.6 Å². The van der Waals surface area contributed by atoms with Crippen molar-refractivity contribution in [3.8, 4) is 11.1 Å². The Morgan fingerprint density at radius 3 is 2.62 bits per heavy atom. The van der Waals surface area contributed by atoms with E-state index in [9.17, 15) is 17.6 Å². The highest BCUT2D eigenvalue weighted by Crippen LogP contribution is 2.34. The summed E-state index contributed by atoms with van der Waals surface area (Å²) in [7, 11) is -3.28. The first-order chi connectivity index (χ1) is 17.4. The highest BCUT2D eigenvalue weighted by atomic mass is 35.5. The summed E-state index contributed by atoms with van der Waals surface area (Å²) in [6, 6.07) is 10.0. The van der Waals surface area contributed by atoms with Crippen molar-refractivity contribution in [1.29, 1.82) is 0 Å². The van der Waals surface area contributed by atoms with Gasteiger partial charge in [-0.3, -0.25) is 4.79 Å². The molecular formula is C26H30ClFN4O4S. The van der Waals surface area contributed by atoms with Crippen LogP contribution in [0.1, 0.15) is 30.4 Å². The second-order valence-electron chi connectivity index (χ2n) is 9.55. The predicted octanol–water partition coefficient (Wildman–Crippen LogP) is 5.01. The summed E-state index contributed by atoms with van der Waals surface area (Å²) in [5.74, 6) is -0.555. The maximum atomic E-state index is 13.9. The Bertz CT molecular complexity index is 1410. The molecule has 0 radical (unpaired) electrons. The van der Waals surface area contributed by atoms with Crippen LogP contribution in [-0.2, 0) is 21.2 Å². The van der Waals surface area contributed by atoms with Gasteiger partial charge in [0, 0.05) is 30.6 Å². The first kappa shape index (κ1) is 27.1. The third-order valence-electron chi connectivity index (χ3n) is 6.55. The molecule has 3 aromatic rings. The fourth-order valence-corrected chi connectivity index (χ4v) is 5.57. The summed E-state index contributed by atoms with van der Waals surface area (Å²) in [6.07, 6.45) is 2.18. The van der Waals surface area contributed by atoms with Crippen LogP contribution in [0.5, 0.6) is 0 Å². The molecule has 4 rings (SSSR count). The summed E-state index contributed by atoms with van der Waals surface area (Å²) >= 11 is 5.78. The minimum Gasteiger partial charge on any atom is -0.379 e. The van der Waals surface area contributed by atoms with Crippen molar-refractivity contribution in [2.75, 3.05) is 30.0 Å². The molecule has 198 valence electrons. The fourth-order valence-electron chi connectivity index (χ4n) is 4.56. The first-order valence-corrected chi connectivity index (χ1v) is 14.2. The molecule has 2 heterocycles. The molecule has 0 spiro atoms. The Morgan fingerprint density at radius 2 is 2.00 bits per heavy atom. The molecule has 0 aliphatic carbocycles. The Morgan fingerprint density at radius 1 is 1.24 bits per heavy atom. The third-order valence-corrected chi connectivity index (χ3v) is 8.13. The largest absolute Gasteiger partial charge is 0.379 e. The van der Waals surface area contributed by atoms with E-state index in [-0.39, 0.29) is 17.0 Å². The number of anilines is 2. The maximum absolute atomic E-state index is 13.9. The molecule has 1 amide bonds. The summed E-state index contributed by atoms with van der Waals surface area (Å²) in [5, 5.41) is 10.5. The fraction of sp³-hybridized carbons (Fsp3) is 0.385. The van der Waals surface area contributed by atoms with Gasteiger partial charge in [0.05, 0.1) is 28.3 Å². The topological polar surface area (TPSA) is 105 Å². The number of rotatable bonds is 8. The van der Waals surface area contributed by atoms with E-state index in [0.29, 0.717) is 48.6 Å². The quantitative estimate of drug-likeness (QED) is 0.410. The van der Waals surface area contributed by atoms with Gasteiger partial charge in [0.15, 0.2) is 0 Å². The lowest BCUT2D eigenvalue weighted by molar-refractivity contribution is -0.119. The molecule has 0 saturated carbocycles. The molecule has 1 fully saturated rings. The zero-order valence-corrected chi connectivity index (χ0v) is 22.7. The Hall–Kier alpha value is -2.95. The molecule has 0 unspecified atom stereocenters. The van der Waals surface area contributed by atoms with Crippen LogP contribution in [0.4, 0.5) is 15.8 Å². The number of nitrogens with zero attached hydrogens (tertiary/aromatic N) is 2. The van der Waals surface area contributed by atoms with Crippen LogP contribution < -0.4 is 10.6 Å². The van der Waals surface area contributed by atoms with Crippen molar-refractivity contribution in [3.63, 3.8) is 0 Å². The molecule has 1 aliphatic heterocycles. The number of carbonyl (C=O) groups excluding carboxylic acids is 1. The number of carbonyl (C=O) groups is 1. The van der Waals surface area contributed by atoms with Gasteiger partial charge in [0.25, 0.3) is 0 Å². The molecule has 1 saturated heterocycles. The second-order valence-corrected chi connectivity index (χ2v) is 11.9. The minimum absolute atomic E-state index is 0.0362. The van der Waals surface area contributed by atoms with Crippen molar-refractivity contribution in [3.05, 3.63) is 64.3 Å². The highest BCUT2D eigenvalue weighted by Gasteiger charge is 2.29. The zero-order valence-electron chi connectivity index (χ0n) is 21.1. The minimum atomic E-state index is -3.28. The van der Waals surface area contributed by atoms with Gasteiger partial charge in [-0.1, -0.05) is 35.8 Å². The van der Waals surface area contributed by atoms with Crippen LogP contribution in [-0.4, -0.2) is 49.2 Å². The van der Waals surface area contributed by atoms with E-state index in [2.05, 4.69) is 15.8 Å². The van der Waals surface area contributed by atoms with E-state index in [1.54, 1.807) is 13.0 Å². The lowest BCUT2D eigenvalue weighted by Gasteiger charge is -2.20. The van der Waals surface area contributed by atoms with Crippen molar-refractivity contribution in [1.82, 2.24) is 9.46 Å². The van der Waals surface area contributed by atoms with Gasteiger partial charge in [0.1, 0.15) is 11.6 Å². The molecule has 2 atom stereocenters. The van der Waals surface area contributed by atoms with Crippen LogP contribution in [0.3, 0.4) is 0 Å². The second kappa shape index (κ2) is 10.8. The number of sulfonamides is 1. The molecule has 1 aromatic heterocycles. The summed E-state index contributed by atoms with van der Waals surface area (Å²) in [6.45, 7) is 6.22. The lowest BCUT2D eigenvalue weighted by Crippen LogP contribution is -2.31. The predicted molar refractivity (Wildman–Crippen MR) is 143 cm³/mol. The van der Waals surface area contributed by atoms with E-state index in [4.69, 9.17) is 16.1 Å². The summed E-state index contributed by atoms with van der Waals surface area (Å²) < 4.78 is 44.5. The number of aryl methyl sites for hydroxylation is 2. The lowest BCUT2D eigenvalue weighted by atomic mass is 9.99. The standard InChI is InChI=1S/C26H30ClFN4O4S/c1-15(11-18-5-7-21(27)22(28)12-18)26(33)30-24-13-19(25-16(2)31-36-17(25)3)6-8-23(24)29-20-9-10-32(14-20)37(4,34)35/h5-8,12-13,15,20,29H,9-11,14H2,1-4H3,(H,30,33)/t15-,20-/m0/s1. The summed E-state index contributed by atoms with van der Waals surface area (Å²) in [5.41, 5.74) is 4.29. The monoisotopic (exact) mass is 548 g/mol. The molecular weight excluding hydrogens is 519 g/mol. The molecule has 1 aliphatic rings. The van der Waals surface area contributed by atoms with Crippen molar-refractivity contribution >= 4 is 38.9 Å². The number of benzene rings is 2. The first-order valence-electron chi connectivity index (χ1n) is 12.0. The number of aromatic nitrogens is 1. The van der Waals surface area contributed by atoms with Crippen molar-refractivity contribution < 1.29 is 22.1 Å². The Kier molecular flexibility index (Phi) is 7.91. The van der Waals surface area contributed by atoms with E-state index < -0.39 is 21.8 Å². The SMILES string of the molecule is Cc1noc(C)c1-c1ccc(N[C@H]2CCN(S(C)(=O)=O)C2)c(NC(=O)[C@@H](C)Cc2ccc(Cl)c(F)c2)c1. The molecule has 11 heteroatoms. The van der Waals surface area contributed by atoms with Crippen LogP contribution in [0.25, 0.3) is 11.1 Å². The normalized spacial score (nSPS) is 17.1. The van der Waals surface area contributed by atoms with Gasteiger partial charge in [-0.05, 0) is 62.1 Å². The average Bonchev–Trinajstić information content (AvgIpc) is 3.43. The number of halogens is 2. The molecule has 2 N–H and O–H groups in total. The van der Waals surface area contributed by atoms with Crippen molar-refractivity contribution in [2.45, 2.75) is 39.7 Å². The summed E-state index contributed by atoms with van der Waals surface area (Å²) in [4.78, 5) is 13.2. The molecule has 0 bridgehead atoms. The molecule has 2 aromatic carbocycles. The average molecular weight is 549 g/mol. The van der Waals surface area contributed by atoms with Crippen LogP contribution in [0.15, 0.2) is 40.9 Å². The van der Waals surface area contributed by atoms with Crippen LogP contribution in [0.2, 0.25) is 5.02 Å². The highest BCUT2D eigenvalue weighted by molar-refractivity contribution is 7.88. The van der Waals surface area contributed by atoms with Crippen molar-refractivity contribution in [2.24, 2.45) is 5.92 Å². The van der Waals surface area contributed by atoms with Gasteiger partial charge in [-0.2, -0.15) is 0 Å². The molecule has 37 heavy (non-hydrogen) atoms. The Balaban J connectivity index is 1.58. The van der Waals surface area contributed by atoms with E-state index in [1.165, 1.54) is 22.7 Å². The van der Waals surface area contributed by atoms with E-state index in [0.717, 1.165) is 16.8 Å². The number of hydrogen-bond acceptors (Lipinski definition) is 6. The smallest absolute Gasteiger partial charge is 0.227 e. The number of nitrogens with one attached hydrogen (secondary N) is 2. The third kappa shape index (κ3) is 6.31. The van der Waals surface area contributed by atoms with Gasteiger partial charge in [-0.25, -0.2) is 17.1 Å². The van der Waals surface area contributed by atoms with Gasteiger partial charge < -0.3 is 15.2 Å². The number of hydrogen-bond donors (Lipinski definition) is 2. The Labute approximate surface area is 221 Å². The van der Waals surface area contributed by atoms with Gasteiger partial charge in [-0.15, -0.1) is 0 Å².